The minimum Gasteiger partial charge on any atom is -0.392 e. The monoisotopic (exact) mass is 253 g/mol. The van der Waals surface area contributed by atoms with Gasteiger partial charge in [0.15, 0.2) is 5.43 Å². The molecule has 0 amide bonds. The lowest BCUT2D eigenvalue weighted by Crippen LogP contribution is -2.17. The number of benzene rings is 2. The summed E-state index contributed by atoms with van der Waals surface area (Å²) in [5.41, 5.74) is 1.78. The van der Waals surface area contributed by atoms with E-state index in [9.17, 15) is 9.90 Å². The predicted octanol–water partition coefficient (Wildman–Crippen LogP) is 2.54. The van der Waals surface area contributed by atoms with Crippen molar-refractivity contribution in [2.24, 2.45) is 0 Å². The smallest absolute Gasteiger partial charge is 0.197 e. The van der Waals surface area contributed by atoms with Gasteiger partial charge in [-0.2, -0.15) is 0 Å². The number of aliphatic hydroxyl groups is 1. The van der Waals surface area contributed by atoms with E-state index in [4.69, 9.17) is 0 Å². The third-order valence-corrected chi connectivity index (χ3v) is 3.33. The second-order valence-electron chi connectivity index (χ2n) is 4.82. The summed E-state index contributed by atoms with van der Waals surface area (Å²) in [6.07, 6.45) is -0.464. The van der Waals surface area contributed by atoms with Gasteiger partial charge >= 0.3 is 0 Å². The van der Waals surface area contributed by atoms with Crippen LogP contribution in [0.15, 0.2) is 53.3 Å². The molecule has 96 valence electrons. The van der Waals surface area contributed by atoms with Gasteiger partial charge < -0.3 is 9.67 Å². The summed E-state index contributed by atoms with van der Waals surface area (Å²) in [6.45, 7) is 2.23. The molecule has 1 atom stereocenters. The summed E-state index contributed by atoms with van der Waals surface area (Å²) in [7, 11) is 0. The van der Waals surface area contributed by atoms with Crippen molar-refractivity contribution in [2.75, 3.05) is 0 Å². The SMILES string of the molecule is CC(O)Cn1c2ccccc2c(=O)c2ccccc21. The van der Waals surface area contributed by atoms with Crippen LogP contribution in [0.5, 0.6) is 0 Å². The van der Waals surface area contributed by atoms with Crippen LogP contribution in [0, 0.1) is 0 Å². The van der Waals surface area contributed by atoms with Crippen LogP contribution in [-0.2, 0) is 6.54 Å². The molecule has 0 bridgehead atoms. The minimum absolute atomic E-state index is 0.0491. The molecule has 0 aliphatic rings. The van der Waals surface area contributed by atoms with E-state index in [0.29, 0.717) is 17.3 Å². The molecule has 0 aliphatic carbocycles. The lowest BCUT2D eigenvalue weighted by Gasteiger charge is -2.16. The van der Waals surface area contributed by atoms with Crippen molar-refractivity contribution in [3.05, 3.63) is 58.8 Å². The first kappa shape index (κ1) is 11.9. The predicted molar refractivity (Wildman–Crippen MR) is 77.4 cm³/mol. The number of rotatable bonds is 2. The molecule has 0 radical (unpaired) electrons. The topological polar surface area (TPSA) is 42.2 Å². The number of nitrogens with zero attached hydrogens (tertiary/aromatic N) is 1. The van der Waals surface area contributed by atoms with E-state index in [2.05, 4.69) is 0 Å². The molecular formula is C16H15NO2. The van der Waals surface area contributed by atoms with Gasteiger partial charge in [-0.15, -0.1) is 0 Å². The summed E-state index contributed by atoms with van der Waals surface area (Å²) >= 11 is 0. The second-order valence-corrected chi connectivity index (χ2v) is 4.82. The van der Waals surface area contributed by atoms with Crippen molar-refractivity contribution in [3.8, 4) is 0 Å². The Bertz CT molecular complexity index is 743. The van der Waals surface area contributed by atoms with Gasteiger partial charge in [-0.1, -0.05) is 24.3 Å². The maximum atomic E-state index is 12.5. The molecule has 3 nitrogen and oxygen atoms in total. The maximum Gasteiger partial charge on any atom is 0.197 e. The summed E-state index contributed by atoms with van der Waals surface area (Å²) in [5.74, 6) is 0. The molecule has 3 heteroatoms. The van der Waals surface area contributed by atoms with Crippen LogP contribution in [0.2, 0.25) is 0 Å². The normalized spacial score (nSPS) is 12.9. The number of aliphatic hydroxyl groups excluding tert-OH is 1. The molecule has 3 aromatic rings. The average Bonchev–Trinajstić information content (AvgIpc) is 2.43. The standard InChI is InChI=1S/C16H15NO2/c1-11(18)10-17-14-8-4-2-6-12(14)16(19)13-7-3-5-9-15(13)17/h2-9,11,18H,10H2,1H3. The van der Waals surface area contributed by atoms with Crippen LogP contribution in [0.3, 0.4) is 0 Å². The van der Waals surface area contributed by atoms with E-state index in [1.165, 1.54) is 0 Å². The van der Waals surface area contributed by atoms with Gasteiger partial charge in [0.05, 0.1) is 17.1 Å². The molecule has 0 spiro atoms. The van der Waals surface area contributed by atoms with E-state index in [1.54, 1.807) is 6.92 Å². The third kappa shape index (κ3) is 1.92. The Morgan fingerprint density at radius 1 is 1.00 bits per heavy atom. The molecule has 1 heterocycles. The number of pyridine rings is 1. The van der Waals surface area contributed by atoms with Crippen LogP contribution >= 0.6 is 0 Å². The quantitative estimate of drug-likeness (QED) is 0.713. The van der Waals surface area contributed by atoms with Gasteiger partial charge in [0.2, 0.25) is 0 Å². The fourth-order valence-corrected chi connectivity index (χ4v) is 2.54. The van der Waals surface area contributed by atoms with Gasteiger partial charge in [-0.25, -0.2) is 0 Å². The molecular weight excluding hydrogens is 238 g/mol. The van der Waals surface area contributed by atoms with E-state index in [-0.39, 0.29) is 5.43 Å². The number of fused-ring (bicyclic) bond motifs is 2. The molecule has 3 rings (SSSR count). The van der Waals surface area contributed by atoms with Crippen LogP contribution in [0.25, 0.3) is 21.8 Å². The van der Waals surface area contributed by atoms with Crippen molar-refractivity contribution < 1.29 is 5.11 Å². The van der Waals surface area contributed by atoms with E-state index in [1.807, 2.05) is 53.1 Å². The minimum atomic E-state index is -0.464. The Labute approximate surface area is 110 Å². The largest absolute Gasteiger partial charge is 0.392 e. The first-order valence-electron chi connectivity index (χ1n) is 6.37. The molecule has 0 fully saturated rings. The molecule has 2 aromatic carbocycles. The van der Waals surface area contributed by atoms with Crippen molar-refractivity contribution >= 4 is 21.8 Å². The van der Waals surface area contributed by atoms with Crippen molar-refractivity contribution in [1.29, 1.82) is 0 Å². The van der Waals surface area contributed by atoms with Crippen LogP contribution in [0.1, 0.15) is 6.92 Å². The van der Waals surface area contributed by atoms with Crippen molar-refractivity contribution in [1.82, 2.24) is 4.57 Å². The molecule has 1 N–H and O–H groups in total. The first-order chi connectivity index (χ1) is 9.18. The van der Waals surface area contributed by atoms with Gasteiger partial charge in [-0.3, -0.25) is 4.79 Å². The van der Waals surface area contributed by atoms with Crippen molar-refractivity contribution in [3.63, 3.8) is 0 Å². The highest BCUT2D eigenvalue weighted by molar-refractivity contribution is 5.93. The molecule has 0 saturated carbocycles. The van der Waals surface area contributed by atoms with Crippen LogP contribution < -0.4 is 5.43 Å². The average molecular weight is 253 g/mol. The fraction of sp³-hybridized carbons (Fsp3) is 0.188. The second kappa shape index (κ2) is 4.52. The van der Waals surface area contributed by atoms with E-state index < -0.39 is 6.10 Å². The fourth-order valence-electron chi connectivity index (χ4n) is 2.54. The number of aromatic nitrogens is 1. The summed E-state index contributed by atoms with van der Waals surface area (Å²) in [5, 5.41) is 11.1. The Morgan fingerprint density at radius 3 is 1.95 bits per heavy atom. The molecule has 0 aliphatic heterocycles. The van der Waals surface area contributed by atoms with Crippen molar-refractivity contribution in [2.45, 2.75) is 19.6 Å². The van der Waals surface area contributed by atoms with E-state index in [0.717, 1.165) is 11.0 Å². The summed E-state index contributed by atoms with van der Waals surface area (Å²) in [4.78, 5) is 12.5. The highest BCUT2D eigenvalue weighted by Gasteiger charge is 2.10. The molecule has 1 aromatic heterocycles. The molecule has 1 unspecified atom stereocenters. The Balaban J connectivity index is 2.52. The Hall–Kier alpha value is -2.13. The highest BCUT2D eigenvalue weighted by Crippen LogP contribution is 2.19. The lowest BCUT2D eigenvalue weighted by atomic mass is 10.1. The number of hydrogen-bond acceptors (Lipinski definition) is 2. The zero-order valence-electron chi connectivity index (χ0n) is 10.7. The first-order valence-corrected chi connectivity index (χ1v) is 6.37. The zero-order valence-corrected chi connectivity index (χ0v) is 10.7. The summed E-state index contributed by atoms with van der Waals surface area (Å²) < 4.78 is 2.01. The summed E-state index contributed by atoms with van der Waals surface area (Å²) in [6, 6.07) is 15.1. The highest BCUT2D eigenvalue weighted by atomic mass is 16.3. The van der Waals surface area contributed by atoms with Gasteiger partial charge in [0.1, 0.15) is 0 Å². The number of para-hydroxylation sites is 2. The lowest BCUT2D eigenvalue weighted by molar-refractivity contribution is 0.176. The zero-order chi connectivity index (χ0) is 13.4. The van der Waals surface area contributed by atoms with Gasteiger partial charge in [0, 0.05) is 17.3 Å². The number of hydrogen-bond donors (Lipinski definition) is 1. The van der Waals surface area contributed by atoms with Crippen LogP contribution in [-0.4, -0.2) is 15.8 Å². The third-order valence-electron chi connectivity index (χ3n) is 3.33. The Kier molecular flexibility index (Phi) is 2.84. The van der Waals surface area contributed by atoms with E-state index >= 15 is 0 Å². The maximum absolute atomic E-state index is 12.5. The Morgan fingerprint density at radius 2 is 1.47 bits per heavy atom. The molecule has 19 heavy (non-hydrogen) atoms. The molecule has 0 saturated heterocycles. The van der Waals surface area contributed by atoms with Crippen LogP contribution in [0.4, 0.5) is 0 Å². The van der Waals surface area contributed by atoms with Gasteiger partial charge in [0.25, 0.3) is 0 Å². The van der Waals surface area contributed by atoms with Gasteiger partial charge in [-0.05, 0) is 31.2 Å².